The van der Waals surface area contributed by atoms with Crippen LogP contribution < -0.4 is 5.32 Å². The van der Waals surface area contributed by atoms with Gasteiger partial charge >= 0.3 is 5.97 Å². The molecule has 1 amide bonds. The second kappa shape index (κ2) is 11.5. The number of para-hydroxylation sites is 1. The van der Waals surface area contributed by atoms with Gasteiger partial charge < -0.3 is 15.0 Å². The number of aryl methyl sites for hydroxylation is 1. The Kier molecular flexibility index (Phi) is 7.70. The van der Waals surface area contributed by atoms with Gasteiger partial charge in [-0.1, -0.05) is 48.5 Å². The second-order valence-corrected chi connectivity index (χ2v) is 9.73. The van der Waals surface area contributed by atoms with Gasteiger partial charge in [-0.15, -0.1) is 0 Å². The first kappa shape index (κ1) is 25.5. The molecule has 0 fully saturated rings. The molecule has 1 heterocycles. The third-order valence-corrected chi connectivity index (χ3v) is 7.44. The lowest BCUT2D eigenvalue weighted by atomic mass is 10.0. The second-order valence-electron chi connectivity index (χ2n) is 9.73. The van der Waals surface area contributed by atoms with Crippen molar-refractivity contribution in [2.45, 2.75) is 31.8 Å². The number of amides is 1. The van der Waals surface area contributed by atoms with Crippen LogP contribution in [0.15, 0.2) is 79.0 Å². The number of nitrogens with zero attached hydrogens (tertiary/aromatic N) is 1. The van der Waals surface area contributed by atoms with Gasteiger partial charge in [0.15, 0.2) is 0 Å². The zero-order chi connectivity index (χ0) is 26.5. The van der Waals surface area contributed by atoms with Gasteiger partial charge in [-0.25, -0.2) is 4.79 Å². The summed E-state index contributed by atoms with van der Waals surface area (Å²) in [5.41, 5.74) is 8.02. The number of ether oxygens (including phenoxy) is 1. The minimum Gasteiger partial charge on any atom is -0.466 e. The fourth-order valence-corrected chi connectivity index (χ4v) is 5.42. The average Bonchev–Trinajstić information content (AvgIpc) is 3.57. The van der Waals surface area contributed by atoms with Crippen molar-refractivity contribution in [2.75, 3.05) is 20.7 Å². The smallest absolute Gasteiger partial charge is 0.330 e. The average molecular weight is 508 g/mol. The van der Waals surface area contributed by atoms with E-state index in [0.29, 0.717) is 11.6 Å². The minimum absolute atomic E-state index is 0.0745. The Morgan fingerprint density at radius 1 is 1.11 bits per heavy atom. The highest BCUT2D eigenvalue weighted by Gasteiger charge is 2.28. The van der Waals surface area contributed by atoms with E-state index in [2.05, 4.69) is 76.0 Å². The van der Waals surface area contributed by atoms with Crippen LogP contribution in [0.5, 0.6) is 0 Å². The van der Waals surface area contributed by atoms with Crippen molar-refractivity contribution >= 4 is 28.9 Å². The molecule has 1 unspecified atom stereocenters. The topological polar surface area (TPSA) is 74.4 Å². The molecule has 0 aliphatic heterocycles. The molecular weight excluding hydrogens is 474 g/mol. The predicted octanol–water partition coefficient (Wildman–Crippen LogP) is 5.45. The number of carbonyl (C=O) groups excluding carboxylic acids is 2. The Morgan fingerprint density at radius 2 is 1.92 bits per heavy atom. The summed E-state index contributed by atoms with van der Waals surface area (Å²) in [5.74, 6) is -0.427. The summed E-state index contributed by atoms with van der Waals surface area (Å²) in [6.45, 7) is 1.71. The van der Waals surface area contributed by atoms with Crippen molar-refractivity contribution in [3.63, 3.8) is 0 Å². The summed E-state index contributed by atoms with van der Waals surface area (Å²) in [7, 11) is 3.04. The number of methoxy groups -OCH3 is 1. The van der Waals surface area contributed by atoms with E-state index in [-0.39, 0.29) is 11.9 Å². The van der Waals surface area contributed by atoms with Gasteiger partial charge in [0, 0.05) is 54.9 Å². The zero-order valence-electron chi connectivity index (χ0n) is 21.9. The summed E-state index contributed by atoms with van der Waals surface area (Å²) < 4.78 is 4.72. The van der Waals surface area contributed by atoms with Gasteiger partial charge in [-0.2, -0.15) is 0 Å². The highest BCUT2D eigenvalue weighted by molar-refractivity contribution is 5.94. The van der Waals surface area contributed by atoms with E-state index in [1.165, 1.54) is 40.8 Å². The van der Waals surface area contributed by atoms with E-state index in [4.69, 9.17) is 4.74 Å². The Balaban J connectivity index is 1.39. The molecule has 0 saturated heterocycles. The number of H-pyrrole nitrogens is 1. The SMILES string of the molecule is CNC(=O)c1ccc(CN(CCc2c[nH]c3ccccc23)C2CCc3cc(/C=C/C(=O)OC)ccc32)cc1. The summed E-state index contributed by atoms with van der Waals surface area (Å²) in [6, 6.07) is 23.1. The monoisotopic (exact) mass is 507 g/mol. The predicted molar refractivity (Wildman–Crippen MR) is 151 cm³/mol. The third-order valence-electron chi connectivity index (χ3n) is 7.44. The molecule has 1 aliphatic rings. The first-order chi connectivity index (χ1) is 18.6. The molecule has 1 aliphatic carbocycles. The molecule has 38 heavy (non-hydrogen) atoms. The maximum atomic E-state index is 12.0. The number of esters is 1. The van der Waals surface area contributed by atoms with Gasteiger partial charge in [0.1, 0.15) is 0 Å². The van der Waals surface area contributed by atoms with Crippen LogP contribution in [-0.4, -0.2) is 42.5 Å². The van der Waals surface area contributed by atoms with E-state index >= 15 is 0 Å². The van der Waals surface area contributed by atoms with Crippen molar-refractivity contribution in [3.05, 3.63) is 112 Å². The lowest BCUT2D eigenvalue weighted by molar-refractivity contribution is -0.134. The summed E-state index contributed by atoms with van der Waals surface area (Å²) in [6.07, 6.45) is 8.38. The molecule has 2 N–H and O–H groups in total. The minimum atomic E-state index is -0.353. The van der Waals surface area contributed by atoms with Gasteiger partial charge in [0.05, 0.1) is 7.11 Å². The molecule has 1 atom stereocenters. The maximum Gasteiger partial charge on any atom is 0.330 e. The molecule has 0 saturated carbocycles. The molecule has 3 aromatic carbocycles. The number of aromatic nitrogens is 1. The molecular formula is C32H33N3O3. The van der Waals surface area contributed by atoms with Crippen LogP contribution >= 0.6 is 0 Å². The fraction of sp³-hybridized carbons (Fsp3) is 0.250. The van der Waals surface area contributed by atoms with Gasteiger partial charge in [0.25, 0.3) is 5.91 Å². The molecule has 0 spiro atoms. The number of carbonyl (C=O) groups is 2. The van der Waals surface area contributed by atoms with Gasteiger partial charge in [0.2, 0.25) is 0 Å². The van der Waals surface area contributed by atoms with E-state index in [0.717, 1.165) is 43.4 Å². The van der Waals surface area contributed by atoms with Crippen molar-refractivity contribution in [1.82, 2.24) is 15.2 Å². The Hall–Kier alpha value is -4.16. The summed E-state index contributed by atoms with van der Waals surface area (Å²) >= 11 is 0. The van der Waals surface area contributed by atoms with Crippen LogP contribution in [0.25, 0.3) is 17.0 Å². The summed E-state index contributed by atoms with van der Waals surface area (Å²) in [5, 5.41) is 3.96. The first-order valence-electron chi connectivity index (χ1n) is 13.0. The number of benzene rings is 3. The lowest BCUT2D eigenvalue weighted by Gasteiger charge is -2.30. The molecule has 0 radical (unpaired) electrons. The number of aromatic amines is 1. The molecule has 4 aromatic rings. The van der Waals surface area contributed by atoms with E-state index in [1.54, 1.807) is 7.05 Å². The van der Waals surface area contributed by atoms with E-state index < -0.39 is 0 Å². The van der Waals surface area contributed by atoms with Crippen LogP contribution in [0.2, 0.25) is 0 Å². The molecule has 6 heteroatoms. The maximum absolute atomic E-state index is 12.0. The molecule has 6 nitrogen and oxygen atoms in total. The third kappa shape index (κ3) is 5.55. The Labute approximate surface area is 223 Å². The van der Waals surface area contributed by atoms with Crippen molar-refractivity contribution in [2.24, 2.45) is 0 Å². The molecule has 0 bridgehead atoms. The quantitative estimate of drug-likeness (QED) is 0.234. The largest absolute Gasteiger partial charge is 0.466 e. The highest BCUT2D eigenvalue weighted by Crippen LogP contribution is 2.37. The molecule has 1 aromatic heterocycles. The van der Waals surface area contributed by atoms with Crippen LogP contribution in [0.4, 0.5) is 0 Å². The van der Waals surface area contributed by atoms with Crippen LogP contribution in [0.3, 0.4) is 0 Å². The number of hydrogen-bond acceptors (Lipinski definition) is 4. The number of rotatable bonds is 9. The Morgan fingerprint density at radius 3 is 2.71 bits per heavy atom. The fourth-order valence-electron chi connectivity index (χ4n) is 5.42. The van der Waals surface area contributed by atoms with Gasteiger partial charge in [-0.3, -0.25) is 9.69 Å². The summed E-state index contributed by atoms with van der Waals surface area (Å²) in [4.78, 5) is 29.5. The first-order valence-corrected chi connectivity index (χ1v) is 13.0. The number of hydrogen-bond donors (Lipinski definition) is 2. The number of nitrogens with one attached hydrogen (secondary N) is 2. The standard InChI is InChI=1S/C32H33N3O3/c1-33-32(37)24-11-7-23(8-12-24)21-35(18-17-26-20-34-29-6-4-3-5-27(26)29)30-15-13-25-19-22(9-14-28(25)30)10-16-31(36)38-2/h3-12,14,16,19-20,30,34H,13,15,17-18,21H2,1-2H3,(H,33,37)/b16-10+. The molecule has 194 valence electrons. The highest BCUT2D eigenvalue weighted by atomic mass is 16.5. The van der Waals surface area contributed by atoms with E-state index in [1.807, 2.05) is 18.2 Å². The zero-order valence-corrected chi connectivity index (χ0v) is 21.9. The Bertz CT molecular complexity index is 1470. The van der Waals surface area contributed by atoms with Crippen molar-refractivity contribution in [3.8, 4) is 0 Å². The lowest BCUT2D eigenvalue weighted by Crippen LogP contribution is -2.29. The van der Waals surface area contributed by atoms with Crippen molar-refractivity contribution in [1.29, 1.82) is 0 Å². The van der Waals surface area contributed by atoms with Crippen LogP contribution in [0, 0.1) is 0 Å². The van der Waals surface area contributed by atoms with Gasteiger partial charge in [-0.05, 0) is 71.4 Å². The van der Waals surface area contributed by atoms with Crippen LogP contribution in [-0.2, 0) is 28.9 Å². The van der Waals surface area contributed by atoms with Crippen molar-refractivity contribution < 1.29 is 14.3 Å². The normalized spacial score (nSPS) is 14.8. The number of fused-ring (bicyclic) bond motifs is 2. The van der Waals surface area contributed by atoms with Crippen LogP contribution in [0.1, 0.15) is 50.6 Å². The van der Waals surface area contributed by atoms with E-state index in [9.17, 15) is 9.59 Å². The molecule has 5 rings (SSSR count).